The van der Waals surface area contributed by atoms with E-state index in [-0.39, 0.29) is 0 Å². The summed E-state index contributed by atoms with van der Waals surface area (Å²) in [7, 11) is 0. The minimum absolute atomic E-state index is 0.334. The molecular formula is C38H33NO5. The molecule has 0 spiro atoms. The summed E-state index contributed by atoms with van der Waals surface area (Å²) in [6, 6.07) is 40.6. The fraction of sp³-hybridized carbons (Fsp3) is 0.0789. The van der Waals surface area contributed by atoms with Crippen molar-refractivity contribution >= 4 is 23.0 Å². The zero-order valence-corrected chi connectivity index (χ0v) is 24.6. The summed E-state index contributed by atoms with van der Waals surface area (Å²) in [4.78, 5) is 14.1. The van der Waals surface area contributed by atoms with Gasteiger partial charge in [0, 0.05) is 22.6 Å². The molecule has 0 aliphatic rings. The van der Waals surface area contributed by atoms with Crippen LogP contribution in [-0.2, 0) is 4.79 Å². The fourth-order valence-electron chi connectivity index (χ4n) is 4.35. The van der Waals surface area contributed by atoms with Crippen LogP contribution in [-0.4, -0.2) is 17.4 Å². The van der Waals surface area contributed by atoms with Gasteiger partial charge in [-0.25, -0.2) is 4.79 Å². The van der Waals surface area contributed by atoms with E-state index in [0.29, 0.717) is 22.6 Å². The first kappa shape index (κ1) is 29.9. The van der Waals surface area contributed by atoms with Crippen LogP contribution >= 0.6 is 0 Å². The third kappa shape index (κ3) is 7.43. The summed E-state index contributed by atoms with van der Waals surface area (Å²) in [5.41, 5.74) is 5.63. The Labute approximate surface area is 257 Å². The number of aliphatic hydroxyl groups is 1. The van der Waals surface area contributed by atoms with Gasteiger partial charge in [0.2, 0.25) is 6.29 Å². The maximum atomic E-state index is 12.0. The molecule has 6 nitrogen and oxygen atoms in total. The molecule has 5 rings (SSSR count). The second-order valence-corrected chi connectivity index (χ2v) is 10.3. The van der Waals surface area contributed by atoms with Gasteiger partial charge in [0.05, 0.1) is 0 Å². The molecule has 0 bridgehead atoms. The van der Waals surface area contributed by atoms with Gasteiger partial charge < -0.3 is 24.2 Å². The second-order valence-electron chi connectivity index (χ2n) is 10.3. The number of hydrogen-bond acceptors (Lipinski definition) is 6. The number of esters is 1. The maximum Gasteiger partial charge on any atom is 0.338 e. The molecule has 0 heterocycles. The van der Waals surface area contributed by atoms with E-state index in [1.54, 1.807) is 26.0 Å². The van der Waals surface area contributed by atoms with Gasteiger partial charge in [-0.05, 0) is 115 Å². The Kier molecular flexibility index (Phi) is 9.23. The Balaban J connectivity index is 1.42. The number of anilines is 3. The topological polar surface area (TPSA) is 68.2 Å². The molecule has 5 aromatic carbocycles. The lowest BCUT2D eigenvalue weighted by Crippen LogP contribution is -2.15. The molecule has 0 amide bonds. The van der Waals surface area contributed by atoms with E-state index in [1.807, 2.05) is 103 Å². The van der Waals surface area contributed by atoms with E-state index in [1.165, 1.54) is 0 Å². The normalized spacial score (nSPS) is 11.2. The standard InChI is InChI=1S/C38H33NO5/c1-26(2)37(40)43-35-20-12-29(13-21-35)28-10-14-30(15-11-28)39(32-18-24-36(25-19-32)44-38(41)27(3)4)31-16-22-34(23-17-31)42-33-8-6-5-7-9-33/h5-25,37,40H,1,3H2,2,4H3/t37-/m1/s1. The fourth-order valence-corrected chi connectivity index (χ4v) is 4.35. The molecule has 44 heavy (non-hydrogen) atoms. The Morgan fingerprint density at radius 2 is 1.05 bits per heavy atom. The highest BCUT2D eigenvalue weighted by atomic mass is 16.6. The average molecular weight is 584 g/mol. The molecule has 0 aliphatic heterocycles. The highest BCUT2D eigenvalue weighted by Gasteiger charge is 2.15. The molecule has 0 saturated heterocycles. The third-order valence-electron chi connectivity index (χ3n) is 6.71. The smallest absolute Gasteiger partial charge is 0.338 e. The van der Waals surface area contributed by atoms with Crippen LogP contribution in [0, 0.1) is 0 Å². The molecule has 0 saturated carbocycles. The summed E-state index contributed by atoms with van der Waals surface area (Å²) >= 11 is 0. The van der Waals surface area contributed by atoms with Crippen LogP contribution in [0.2, 0.25) is 0 Å². The number of benzene rings is 5. The van der Waals surface area contributed by atoms with E-state index in [9.17, 15) is 9.90 Å². The van der Waals surface area contributed by atoms with Crippen LogP contribution in [0.15, 0.2) is 152 Å². The lowest BCUT2D eigenvalue weighted by atomic mass is 10.0. The number of nitrogens with zero attached hydrogens (tertiary/aromatic N) is 1. The zero-order valence-electron chi connectivity index (χ0n) is 24.6. The molecule has 6 heteroatoms. The van der Waals surface area contributed by atoms with Crippen molar-refractivity contribution in [2.75, 3.05) is 4.90 Å². The Bertz CT molecular complexity index is 1730. The van der Waals surface area contributed by atoms with Crippen LogP contribution in [0.1, 0.15) is 13.8 Å². The summed E-state index contributed by atoms with van der Waals surface area (Å²) < 4.78 is 16.9. The third-order valence-corrected chi connectivity index (χ3v) is 6.71. The van der Waals surface area contributed by atoms with Crippen LogP contribution in [0.25, 0.3) is 11.1 Å². The molecule has 0 radical (unpaired) electrons. The first-order valence-electron chi connectivity index (χ1n) is 14.1. The van der Waals surface area contributed by atoms with Crippen LogP contribution < -0.4 is 19.1 Å². The number of carbonyl (C=O) groups is 1. The first-order chi connectivity index (χ1) is 21.3. The monoisotopic (exact) mass is 583 g/mol. The highest BCUT2D eigenvalue weighted by molar-refractivity contribution is 5.89. The molecule has 0 aromatic heterocycles. The number of rotatable bonds is 11. The van der Waals surface area contributed by atoms with E-state index in [0.717, 1.165) is 39.7 Å². The van der Waals surface area contributed by atoms with Crippen molar-refractivity contribution in [1.82, 2.24) is 0 Å². The molecule has 0 fully saturated rings. The predicted octanol–water partition coefficient (Wildman–Crippen LogP) is 9.37. The zero-order chi connectivity index (χ0) is 31.1. The molecule has 0 unspecified atom stereocenters. The lowest BCUT2D eigenvalue weighted by molar-refractivity contribution is -0.130. The molecular weight excluding hydrogens is 550 g/mol. The van der Waals surface area contributed by atoms with Gasteiger partial charge >= 0.3 is 5.97 Å². The van der Waals surface area contributed by atoms with E-state index in [4.69, 9.17) is 14.2 Å². The van der Waals surface area contributed by atoms with E-state index < -0.39 is 12.3 Å². The quantitative estimate of drug-likeness (QED) is 0.0549. The predicted molar refractivity (Wildman–Crippen MR) is 175 cm³/mol. The number of carbonyl (C=O) groups excluding carboxylic acids is 1. The summed E-state index contributed by atoms with van der Waals surface area (Å²) in [5.74, 6) is 2.02. The minimum atomic E-state index is -1.04. The SMILES string of the molecule is C=C(C)C(=O)Oc1ccc(N(c2ccc(Oc3ccccc3)cc2)c2ccc(-c3ccc(O[C@@H](O)C(=C)C)cc3)cc2)cc1. The van der Waals surface area contributed by atoms with Gasteiger partial charge in [-0.1, -0.05) is 55.6 Å². The summed E-state index contributed by atoms with van der Waals surface area (Å²) in [5, 5.41) is 9.93. The maximum absolute atomic E-state index is 12.0. The van der Waals surface area contributed by atoms with Crippen LogP contribution in [0.3, 0.4) is 0 Å². The summed E-state index contributed by atoms with van der Waals surface area (Å²) in [6.07, 6.45) is -1.04. The van der Waals surface area contributed by atoms with E-state index in [2.05, 4.69) is 30.2 Å². The van der Waals surface area contributed by atoms with Gasteiger partial charge in [-0.3, -0.25) is 0 Å². The van der Waals surface area contributed by atoms with Gasteiger partial charge in [0.15, 0.2) is 0 Å². The van der Waals surface area contributed by atoms with Gasteiger partial charge in [-0.15, -0.1) is 0 Å². The van der Waals surface area contributed by atoms with Crippen LogP contribution in [0.4, 0.5) is 17.1 Å². The van der Waals surface area contributed by atoms with Crippen molar-refractivity contribution in [2.45, 2.75) is 20.1 Å². The number of hydrogen-bond donors (Lipinski definition) is 1. The Hall–Kier alpha value is -5.59. The molecule has 5 aromatic rings. The van der Waals surface area contributed by atoms with Crippen molar-refractivity contribution in [3.63, 3.8) is 0 Å². The Morgan fingerprint density at radius 1 is 0.614 bits per heavy atom. The molecule has 220 valence electrons. The van der Waals surface area contributed by atoms with Gasteiger partial charge in [-0.2, -0.15) is 0 Å². The highest BCUT2D eigenvalue weighted by Crippen LogP contribution is 2.37. The van der Waals surface area contributed by atoms with Crippen molar-refractivity contribution < 1.29 is 24.1 Å². The first-order valence-corrected chi connectivity index (χ1v) is 14.1. The second kappa shape index (κ2) is 13.6. The van der Waals surface area contributed by atoms with Gasteiger partial charge in [0.25, 0.3) is 0 Å². The number of para-hydroxylation sites is 1. The van der Waals surface area contributed by atoms with Crippen molar-refractivity contribution in [2.24, 2.45) is 0 Å². The van der Waals surface area contributed by atoms with Crippen LogP contribution in [0.5, 0.6) is 23.0 Å². The number of ether oxygens (including phenoxy) is 3. The molecule has 1 N–H and O–H groups in total. The molecule has 0 aliphatic carbocycles. The largest absolute Gasteiger partial charge is 0.461 e. The van der Waals surface area contributed by atoms with Crippen molar-refractivity contribution in [1.29, 1.82) is 0 Å². The molecule has 1 atom stereocenters. The number of aliphatic hydroxyl groups excluding tert-OH is 1. The average Bonchev–Trinajstić information content (AvgIpc) is 3.04. The van der Waals surface area contributed by atoms with Gasteiger partial charge in [0.1, 0.15) is 23.0 Å². The van der Waals surface area contributed by atoms with Crippen molar-refractivity contribution in [3.05, 3.63) is 152 Å². The van der Waals surface area contributed by atoms with E-state index >= 15 is 0 Å². The Morgan fingerprint density at radius 3 is 1.55 bits per heavy atom. The lowest BCUT2D eigenvalue weighted by Gasteiger charge is -2.26. The summed E-state index contributed by atoms with van der Waals surface area (Å²) in [6.45, 7) is 10.7. The minimum Gasteiger partial charge on any atom is -0.461 e. The van der Waals surface area contributed by atoms with Crippen molar-refractivity contribution in [3.8, 4) is 34.1 Å².